The highest BCUT2D eigenvalue weighted by molar-refractivity contribution is 5.79. The third-order valence-electron chi connectivity index (χ3n) is 3.50. The van der Waals surface area contributed by atoms with Crippen molar-refractivity contribution in [2.75, 3.05) is 13.7 Å². The van der Waals surface area contributed by atoms with Gasteiger partial charge in [0, 0.05) is 11.0 Å². The monoisotopic (exact) mass is 312 g/mol. The van der Waals surface area contributed by atoms with E-state index in [2.05, 4.69) is 10.0 Å². The van der Waals surface area contributed by atoms with Gasteiger partial charge in [0.25, 0.3) is 0 Å². The number of hydrogen-bond acceptors (Lipinski definition) is 6. The van der Waals surface area contributed by atoms with E-state index in [1.807, 2.05) is 0 Å². The van der Waals surface area contributed by atoms with Crippen LogP contribution >= 0.6 is 0 Å². The SMILES string of the molecule is CCOC(=O)[C@H](N=[N+]=[N-])[C@H]1CC[C@H](C(=O)OC(C)(C)C)N1C. The first-order chi connectivity index (χ1) is 10.2. The van der Waals surface area contributed by atoms with E-state index in [0.717, 1.165) is 0 Å². The van der Waals surface area contributed by atoms with Gasteiger partial charge >= 0.3 is 11.9 Å². The molecule has 0 aromatic heterocycles. The number of esters is 2. The molecule has 1 saturated heterocycles. The van der Waals surface area contributed by atoms with Crippen molar-refractivity contribution in [1.82, 2.24) is 4.90 Å². The topological polar surface area (TPSA) is 105 Å². The molecule has 0 spiro atoms. The summed E-state index contributed by atoms with van der Waals surface area (Å²) in [6, 6.07) is -1.77. The molecule has 1 rings (SSSR count). The van der Waals surface area contributed by atoms with Crippen molar-refractivity contribution in [2.24, 2.45) is 5.11 Å². The van der Waals surface area contributed by atoms with Crippen LogP contribution in [-0.2, 0) is 19.1 Å². The highest BCUT2D eigenvalue weighted by Crippen LogP contribution is 2.28. The van der Waals surface area contributed by atoms with E-state index >= 15 is 0 Å². The van der Waals surface area contributed by atoms with Gasteiger partial charge in [-0.2, -0.15) is 0 Å². The van der Waals surface area contributed by atoms with Crippen LogP contribution in [0.4, 0.5) is 0 Å². The first-order valence-corrected chi connectivity index (χ1v) is 7.37. The molecule has 1 heterocycles. The molecule has 1 fully saturated rings. The molecule has 0 radical (unpaired) electrons. The molecule has 0 aromatic rings. The van der Waals surface area contributed by atoms with Crippen molar-refractivity contribution in [3.63, 3.8) is 0 Å². The van der Waals surface area contributed by atoms with Gasteiger partial charge in [-0.25, -0.2) is 0 Å². The molecule has 3 atom stereocenters. The maximum atomic E-state index is 12.2. The van der Waals surface area contributed by atoms with Crippen LogP contribution in [0.25, 0.3) is 10.4 Å². The van der Waals surface area contributed by atoms with Crippen molar-refractivity contribution in [3.8, 4) is 0 Å². The maximum Gasteiger partial charge on any atom is 0.323 e. The van der Waals surface area contributed by atoms with Crippen LogP contribution in [0.15, 0.2) is 5.11 Å². The number of rotatable bonds is 5. The van der Waals surface area contributed by atoms with E-state index in [0.29, 0.717) is 12.8 Å². The molecule has 0 bridgehead atoms. The number of hydrogen-bond donors (Lipinski definition) is 0. The summed E-state index contributed by atoms with van der Waals surface area (Å²) in [5.74, 6) is -0.900. The molecule has 1 aliphatic heterocycles. The van der Waals surface area contributed by atoms with E-state index < -0.39 is 23.7 Å². The minimum absolute atomic E-state index is 0.211. The second kappa shape index (κ2) is 7.47. The molecular formula is C14H24N4O4. The zero-order chi connectivity index (χ0) is 16.9. The molecule has 0 unspecified atom stereocenters. The number of carbonyl (C=O) groups is 2. The van der Waals surface area contributed by atoms with Crippen molar-refractivity contribution in [3.05, 3.63) is 10.4 Å². The minimum atomic E-state index is -0.956. The summed E-state index contributed by atoms with van der Waals surface area (Å²) >= 11 is 0. The van der Waals surface area contributed by atoms with E-state index in [9.17, 15) is 9.59 Å². The quantitative estimate of drug-likeness (QED) is 0.334. The van der Waals surface area contributed by atoms with Crippen LogP contribution in [0.2, 0.25) is 0 Å². The van der Waals surface area contributed by atoms with Crippen LogP contribution in [0.3, 0.4) is 0 Å². The van der Waals surface area contributed by atoms with Crippen molar-refractivity contribution in [2.45, 2.75) is 64.3 Å². The smallest absolute Gasteiger partial charge is 0.323 e. The summed E-state index contributed by atoms with van der Waals surface area (Å²) in [7, 11) is 1.73. The van der Waals surface area contributed by atoms with Gasteiger partial charge in [0.2, 0.25) is 0 Å². The Kier molecular flexibility index (Phi) is 6.20. The van der Waals surface area contributed by atoms with Gasteiger partial charge < -0.3 is 9.47 Å². The lowest BCUT2D eigenvalue weighted by atomic mass is 10.1. The summed E-state index contributed by atoms with van der Waals surface area (Å²) in [4.78, 5) is 28.6. The number of likely N-dealkylation sites (N-methyl/N-ethyl adjacent to an activating group) is 1. The molecular weight excluding hydrogens is 288 g/mol. The molecule has 0 aromatic carbocycles. The second-order valence-electron chi connectivity index (χ2n) is 6.26. The fourth-order valence-electron chi connectivity index (χ4n) is 2.57. The van der Waals surface area contributed by atoms with Gasteiger partial charge in [-0.05, 0) is 53.1 Å². The molecule has 0 N–H and O–H groups in total. The predicted octanol–water partition coefficient (Wildman–Crippen LogP) is 2.03. The molecule has 124 valence electrons. The second-order valence-corrected chi connectivity index (χ2v) is 6.26. The number of azide groups is 1. The lowest BCUT2D eigenvalue weighted by molar-refractivity contribution is -0.161. The Balaban J connectivity index is 2.84. The summed E-state index contributed by atoms with van der Waals surface area (Å²) in [5.41, 5.74) is 8.10. The molecule has 1 aliphatic rings. The first kappa shape index (κ1) is 18.3. The summed E-state index contributed by atoms with van der Waals surface area (Å²) in [5, 5.41) is 3.56. The van der Waals surface area contributed by atoms with Gasteiger partial charge in [-0.3, -0.25) is 14.5 Å². The van der Waals surface area contributed by atoms with Crippen LogP contribution in [-0.4, -0.2) is 54.2 Å². The van der Waals surface area contributed by atoms with Crippen molar-refractivity contribution in [1.29, 1.82) is 0 Å². The zero-order valence-electron chi connectivity index (χ0n) is 13.8. The maximum absolute atomic E-state index is 12.2. The average molecular weight is 312 g/mol. The van der Waals surface area contributed by atoms with Crippen LogP contribution in [0.5, 0.6) is 0 Å². The van der Waals surface area contributed by atoms with Gasteiger partial charge in [-0.15, -0.1) is 0 Å². The normalized spacial score (nSPS) is 23.5. The molecule has 8 nitrogen and oxygen atoms in total. The molecule has 8 heteroatoms. The van der Waals surface area contributed by atoms with Crippen molar-refractivity contribution >= 4 is 11.9 Å². The highest BCUT2D eigenvalue weighted by atomic mass is 16.6. The minimum Gasteiger partial charge on any atom is -0.466 e. The van der Waals surface area contributed by atoms with E-state index in [1.165, 1.54) is 0 Å². The summed E-state index contributed by atoms with van der Waals surface area (Å²) in [6.45, 7) is 7.31. The number of ether oxygens (including phenoxy) is 2. The Labute approximate surface area is 130 Å². The predicted molar refractivity (Wildman–Crippen MR) is 80.0 cm³/mol. The lowest BCUT2D eigenvalue weighted by Crippen LogP contribution is -2.47. The van der Waals surface area contributed by atoms with Gasteiger partial charge in [0.15, 0.2) is 6.04 Å². The van der Waals surface area contributed by atoms with Crippen molar-refractivity contribution < 1.29 is 19.1 Å². The Morgan fingerprint density at radius 2 is 2.05 bits per heavy atom. The molecule has 0 amide bonds. The Morgan fingerprint density at radius 1 is 1.41 bits per heavy atom. The fourth-order valence-corrected chi connectivity index (χ4v) is 2.57. The van der Waals surface area contributed by atoms with Crippen LogP contribution in [0.1, 0.15) is 40.5 Å². The van der Waals surface area contributed by atoms with E-state index in [1.54, 1.807) is 39.6 Å². The molecule has 22 heavy (non-hydrogen) atoms. The molecule has 0 saturated carbocycles. The lowest BCUT2D eigenvalue weighted by Gasteiger charge is -2.29. The third kappa shape index (κ3) is 4.61. The number of carbonyl (C=O) groups excluding carboxylic acids is 2. The average Bonchev–Trinajstić information content (AvgIpc) is 2.76. The third-order valence-corrected chi connectivity index (χ3v) is 3.50. The Hall–Kier alpha value is -1.79. The fraction of sp³-hybridized carbons (Fsp3) is 0.857. The van der Waals surface area contributed by atoms with Gasteiger partial charge in [0.1, 0.15) is 11.6 Å². The Bertz CT molecular complexity index is 468. The largest absolute Gasteiger partial charge is 0.466 e. The standard InChI is InChI=1S/C14H24N4O4/c1-6-21-13(20)11(16-17-15)9-7-8-10(18(9)5)12(19)22-14(2,3)4/h9-11H,6-8H2,1-5H3/t9-,10-,11-/m1/s1. The zero-order valence-corrected chi connectivity index (χ0v) is 13.8. The van der Waals surface area contributed by atoms with Gasteiger partial charge in [-0.1, -0.05) is 5.11 Å². The first-order valence-electron chi connectivity index (χ1n) is 7.37. The summed E-state index contributed by atoms with van der Waals surface area (Å²) in [6.07, 6.45) is 1.11. The van der Waals surface area contributed by atoms with Crippen LogP contribution < -0.4 is 0 Å². The van der Waals surface area contributed by atoms with Crippen LogP contribution in [0, 0.1) is 0 Å². The Morgan fingerprint density at radius 3 is 2.55 bits per heavy atom. The van der Waals surface area contributed by atoms with E-state index in [4.69, 9.17) is 15.0 Å². The number of likely N-dealkylation sites (tertiary alicyclic amines) is 1. The molecule has 0 aliphatic carbocycles. The summed E-state index contributed by atoms with van der Waals surface area (Å²) < 4.78 is 10.3. The van der Waals surface area contributed by atoms with Gasteiger partial charge in [0.05, 0.1) is 6.61 Å². The highest BCUT2D eigenvalue weighted by Gasteiger charge is 2.43. The number of nitrogens with zero attached hydrogens (tertiary/aromatic N) is 4. The van der Waals surface area contributed by atoms with E-state index in [-0.39, 0.29) is 18.6 Å².